The largest absolute Gasteiger partial charge is 0.345 e. The van der Waals surface area contributed by atoms with Gasteiger partial charge in [0, 0.05) is 35.9 Å². The Hall–Kier alpha value is -2.21. The van der Waals surface area contributed by atoms with Gasteiger partial charge in [-0.05, 0) is 13.3 Å². The van der Waals surface area contributed by atoms with Crippen LogP contribution in [0.3, 0.4) is 0 Å². The van der Waals surface area contributed by atoms with E-state index in [0.717, 1.165) is 29.2 Å². The first-order chi connectivity index (χ1) is 9.56. The second-order valence-corrected chi connectivity index (χ2v) is 4.74. The number of nitro groups is 1. The molecule has 6 nitrogen and oxygen atoms in total. The molecule has 0 radical (unpaired) electrons. The van der Waals surface area contributed by atoms with E-state index in [1.807, 2.05) is 13.0 Å². The Bertz CT molecular complexity index is 617. The highest BCUT2D eigenvalue weighted by Gasteiger charge is 2.16. The Morgan fingerprint density at radius 1 is 1.50 bits per heavy atom. The fourth-order valence-corrected chi connectivity index (χ4v) is 2.20. The summed E-state index contributed by atoms with van der Waals surface area (Å²) in [6, 6.07) is 6.50. The van der Waals surface area contributed by atoms with Crippen molar-refractivity contribution in [2.75, 3.05) is 6.54 Å². The molecular formula is C14H18N4O2. The molecule has 1 aromatic heterocycles. The van der Waals surface area contributed by atoms with Crippen molar-refractivity contribution in [1.82, 2.24) is 9.97 Å². The van der Waals surface area contributed by atoms with Gasteiger partial charge in [0.2, 0.25) is 0 Å². The summed E-state index contributed by atoms with van der Waals surface area (Å²) in [6.07, 6.45) is 0.901. The van der Waals surface area contributed by atoms with Gasteiger partial charge in [-0.25, -0.2) is 4.98 Å². The molecule has 1 heterocycles. The number of benzene rings is 1. The normalized spacial score (nSPS) is 12.3. The minimum atomic E-state index is -0.402. The van der Waals surface area contributed by atoms with Gasteiger partial charge in [0.05, 0.1) is 10.6 Å². The van der Waals surface area contributed by atoms with Crippen LogP contribution in [0.5, 0.6) is 0 Å². The third kappa shape index (κ3) is 2.70. The minimum Gasteiger partial charge on any atom is -0.345 e. The van der Waals surface area contributed by atoms with Crippen molar-refractivity contribution in [2.24, 2.45) is 5.73 Å². The first-order valence-corrected chi connectivity index (χ1v) is 6.58. The van der Waals surface area contributed by atoms with Crippen LogP contribution < -0.4 is 5.73 Å². The zero-order valence-corrected chi connectivity index (χ0v) is 11.6. The first kappa shape index (κ1) is 14.2. The maximum atomic E-state index is 10.8. The average molecular weight is 274 g/mol. The van der Waals surface area contributed by atoms with Gasteiger partial charge in [-0.15, -0.1) is 0 Å². The van der Waals surface area contributed by atoms with Crippen molar-refractivity contribution in [3.05, 3.63) is 45.9 Å². The number of nitrogens with one attached hydrogen (secondary N) is 1. The lowest BCUT2D eigenvalue weighted by molar-refractivity contribution is -0.384. The second kappa shape index (κ2) is 5.83. The molecule has 1 unspecified atom stereocenters. The summed E-state index contributed by atoms with van der Waals surface area (Å²) in [5.41, 5.74) is 8.18. The number of rotatable bonds is 5. The maximum absolute atomic E-state index is 10.8. The predicted molar refractivity (Wildman–Crippen MR) is 77.5 cm³/mol. The maximum Gasteiger partial charge on any atom is 0.270 e. The number of imidazole rings is 1. The molecule has 0 aliphatic carbocycles. The third-order valence-corrected chi connectivity index (χ3v) is 3.40. The van der Waals surface area contributed by atoms with Crippen LogP contribution >= 0.6 is 0 Å². The molecule has 0 fully saturated rings. The van der Waals surface area contributed by atoms with E-state index in [0.29, 0.717) is 6.54 Å². The fraction of sp³-hybridized carbons (Fsp3) is 0.357. The van der Waals surface area contributed by atoms with Gasteiger partial charge in [-0.1, -0.05) is 19.1 Å². The van der Waals surface area contributed by atoms with Gasteiger partial charge < -0.3 is 10.7 Å². The number of aryl methyl sites for hydroxylation is 1. The Labute approximate surface area is 117 Å². The van der Waals surface area contributed by atoms with E-state index in [4.69, 9.17) is 5.73 Å². The van der Waals surface area contributed by atoms with Crippen LogP contribution in [0.25, 0.3) is 11.3 Å². The van der Waals surface area contributed by atoms with Crippen molar-refractivity contribution in [3.8, 4) is 11.3 Å². The number of H-pyrrole nitrogens is 1. The number of aromatic nitrogens is 2. The number of hydrogen-bond acceptors (Lipinski definition) is 4. The van der Waals surface area contributed by atoms with Crippen molar-refractivity contribution in [1.29, 1.82) is 0 Å². The van der Waals surface area contributed by atoms with Crippen LogP contribution in [0.2, 0.25) is 0 Å². The van der Waals surface area contributed by atoms with Crippen LogP contribution in [0.15, 0.2) is 24.3 Å². The van der Waals surface area contributed by atoms with Crippen LogP contribution in [-0.2, 0) is 0 Å². The summed E-state index contributed by atoms with van der Waals surface area (Å²) in [5.74, 6) is 1.02. The van der Waals surface area contributed by atoms with Crippen molar-refractivity contribution < 1.29 is 4.92 Å². The van der Waals surface area contributed by atoms with Crippen LogP contribution in [-0.4, -0.2) is 21.4 Å². The van der Waals surface area contributed by atoms with Crippen LogP contribution in [0.1, 0.15) is 30.8 Å². The molecule has 2 aromatic rings. The van der Waals surface area contributed by atoms with Crippen LogP contribution in [0.4, 0.5) is 5.69 Å². The van der Waals surface area contributed by atoms with Crippen LogP contribution in [0, 0.1) is 17.0 Å². The number of aromatic amines is 1. The molecule has 0 spiro atoms. The summed E-state index contributed by atoms with van der Waals surface area (Å²) in [6.45, 7) is 4.49. The Kier molecular flexibility index (Phi) is 4.14. The van der Waals surface area contributed by atoms with Gasteiger partial charge in [0.25, 0.3) is 5.69 Å². The topological polar surface area (TPSA) is 97.8 Å². The molecule has 0 amide bonds. The number of non-ortho nitro benzene ring substituents is 1. The summed E-state index contributed by atoms with van der Waals surface area (Å²) in [4.78, 5) is 18.2. The van der Waals surface area contributed by atoms with Crippen molar-refractivity contribution in [2.45, 2.75) is 26.2 Å². The van der Waals surface area contributed by atoms with Gasteiger partial charge in [0.15, 0.2) is 0 Å². The molecule has 1 atom stereocenters. The van der Waals surface area contributed by atoms with Crippen molar-refractivity contribution in [3.63, 3.8) is 0 Å². The lowest BCUT2D eigenvalue weighted by Crippen LogP contribution is -2.12. The molecule has 6 heteroatoms. The Balaban J connectivity index is 2.43. The number of nitrogens with zero attached hydrogens (tertiary/aromatic N) is 2. The Morgan fingerprint density at radius 3 is 2.85 bits per heavy atom. The SMILES string of the molecule is CCC(CN)c1nc(-c2cccc([N+](=O)[O-])c2)c(C)[nH]1. The molecule has 106 valence electrons. The van der Waals surface area contributed by atoms with E-state index in [1.165, 1.54) is 12.1 Å². The quantitative estimate of drug-likeness (QED) is 0.647. The molecule has 0 aliphatic rings. The number of nitrogens with two attached hydrogens (primary N) is 1. The standard InChI is InChI=1S/C14H18N4O2/c1-3-10(8-15)14-16-9(2)13(17-14)11-5-4-6-12(7-11)18(19)20/h4-7,10H,3,8,15H2,1-2H3,(H,16,17). The molecule has 20 heavy (non-hydrogen) atoms. The molecule has 2 rings (SSSR count). The second-order valence-electron chi connectivity index (χ2n) is 4.74. The molecule has 3 N–H and O–H groups in total. The van der Waals surface area contributed by atoms with E-state index in [9.17, 15) is 10.1 Å². The highest BCUT2D eigenvalue weighted by Crippen LogP contribution is 2.27. The fourth-order valence-electron chi connectivity index (χ4n) is 2.20. The third-order valence-electron chi connectivity index (χ3n) is 3.40. The number of nitro benzene ring substituents is 1. The van der Waals surface area contributed by atoms with Crippen molar-refractivity contribution >= 4 is 5.69 Å². The monoisotopic (exact) mass is 274 g/mol. The lowest BCUT2D eigenvalue weighted by Gasteiger charge is -2.07. The highest BCUT2D eigenvalue weighted by atomic mass is 16.6. The molecular weight excluding hydrogens is 256 g/mol. The lowest BCUT2D eigenvalue weighted by atomic mass is 10.1. The summed E-state index contributed by atoms with van der Waals surface area (Å²) in [7, 11) is 0. The smallest absolute Gasteiger partial charge is 0.270 e. The van der Waals surface area contributed by atoms with E-state index in [1.54, 1.807) is 6.07 Å². The Morgan fingerprint density at radius 2 is 2.25 bits per heavy atom. The molecule has 1 aromatic carbocycles. The average Bonchev–Trinajstić information content (AvgIpc) is 2.82. The van der Waals surface area contributed by atoms with E-state index >= 15 is 0 Å². The molecule has 0 saturated carbocycles. The van der Waals surface area contributed by atoms with Gasteiger partial charge >= 0.3 is 0 Å². The zero-order chi connectivity index (χ0) is 14.7. The molecule has 0 bridgehead atoms. The highest BCUT2D eigenvalue weighted by molar-refractivity contribution is 5.64. The zero-order valence-electron chi connectivity index (χ0n) is 11.6. The van der Waals surface area contributed by atoms with Gasteiger partial charge in [0.1, 0.15) is 5.82 Å². The number of hydrogen-bond donors (Lipinski definition) is 2. The van der Waals surface area contributed by atoms with Gasteiger partial charge in [-0.3, -0.25) is 10.1 Å². The first-order valence-electron chi connectivity index (χ1n) is 6.58. The van der Waals surface area contributed by atoms with E-state index < -0.39 is 4.92 Å². The summed E-state index contributed by atoms with van der Waals surface area (Å²) in [5, 5.41) is 10.8. The summed E-state index contributed by atoms with van der Waals surface area (Å²) >= 11 is 0. The van der Waals surface area contributed by atoms with E-state index in [-0.39, 0.29) is 11.6 Å². The van der Waals surface area contributed by atoms with E-state index in [2.05, 4.69) is 16.9 Å². The molecule has 0 aliphatic heterocycles. The minimum absolute atomic E-state index is 0.0670. The predicted octanol–water partition coefficient (Wildman–Crippen LogP) is 2.75. The van der Waals surface area contributed by atoms with Gasteiger partial charge in [-0.2, -0.15) is 0 Å². The molecule has 0 saturated heterocycles. The summed E-state index contributed by atoms with van der Waals surface area (Å²) < 4.78 is 0.